The van der Waals surface area contributed by atoms with E-state index in [9.17, 15) is 4.79 Å². The summed E-state index contributed by atoms with van der Waals surface area (Å²) in [4.78, 5) is 27.3. The van der Waals surface area contributed by atoms with Crippen molar-refractivity contribution in [3.63, 3.8) is 0 Å². The molecule has 2 unspecified atom stereocenters. The van der Waals surface area contributed by atoms with Gasteiger partial charge in [0.15, 0.2) is 11.9 Å². The van der Waals surface area contributed by atoms with Gasteiger partial charge in [-0.3, -0.25) is 9.79 Å². The number of carboxylic acid groups (broad SMARTS) is 1. The molecule has 7 heteroatoms. The lowest BCUT2D eigenvalue weighted by molar-refractivity contribution is -0.136. The number of hydrogen-bond donors (Lipinski definition) is 1. The maximum Gasteiger partial charge on any atom is 0.317 e. The summed E-state index contributed by atoms with van der Waals surface area (Å²) >= 11 is 1.24. The zero-order valence-corrected chi connectivity index (χ0v) is 10.1. The van der Waals surface area contributed by atoms with Gasteiger partial charge in [0.2, 0.25) is 0 Å². The van der Waals surface area contributed by atoms with Gasteiger partial charge < -0.3 is 5.11 Å². The first-order valence-electron chi connectivity index (χ1n) is 5.31. The van der Waals surface area contributed by atoms with Gasteiger partial charge in [-0.25, -0.2) is 15.0 Å². The highest BCUT2D eigenvalue weighted by Crippen LogP contribution is 2.24. The zero-order valence-electron chi connectivity index (χ0n) is 9.28. The van der Waals surface area contributed by atoms with Crippen molar-refractivity contribution in [3.05, 3.63) is 0 Å². The largest absolute Gasteiger partial charge is 0.480 e. The van der Waals surface area contributed by atoms with Gasteiger partial charge >= 0.3 is 5.97 Å². The predicted molar refractivity (Wildman–Crippen MR) is 69.6 cm³/mol. The first-order chi connectivity index (χ1) is 8.22. The highest BCUT2D eigenvalue weighted by Gasteiger charge is 2.30. The molecule has 0 aliphatic carbocycles. The Labute approximate surface area is 103 Å². The number of aliphatic imine (C=N–C) groups is 4. The molecule has 0 amide bonds. The second-order valence-electron chi connectivity index (χ2n) is 3.60. The summed E-state index contributed by atoms with van der Waals surface area (Å²) in [6.45, 7) is 1.96. The van der Waals surface area contributed by atoms with Crippen LogP contribution in [0.25, 0.3) is 0 Å². The van der Waals surface area contributed by atoms with E-state index < -0.39 is 11.2 Å². The molecule has 90 valence electrons. The summed E-state index contributed by atoms with van der Waals surface area (Å²) in [6, 6.07) is -0.302. The van der Waals surface area contributed by atoms with E-state index in [4.69, 9.17) is 5.11 Å². The highest BCUT2D eigenvalue weighted by molar-refractivity contribution is 8.15. The first-order valence-corrected chi connectivity index (χ1v) is 6.19. The molecule has 0 saturated heterocycles. The third-order valence-corrected chi connectivity index (χ3v) is 3.64. The number of fused-ring (bicyclic) bond motifs is 1. The van der Waals surface area contributed by atoms with Crippen LogP contribution in [0.1, 0.15) is 19.8 Å². The van der Waals surface area contributed by atoms with Crippen molar-refractivity contribution < 1.29 is 9.90 Å². The minimum atomic E-state index is -0.817. The van der Waals surface area contributed by atoms with Crippen molar-refractivity contribution in [1.29, 1.82) is 0 Å². The molecule has 2 atom stereocenters. The van der Waals surface area contributed by atoms with Crippen LogP contribution in [0.4, 0.5) is 0 Å². The lowest BCUT2D eigenvalue weighted by Crippen LogP contribution is -2.29. The highest BCUT2D eigenvalue weighted by atomic mass is 32.2. The van der Waals surface area contributed by atoms with Crippen LogP contribution in [0, 0.1) is 0 Å². The van der Waals surface area contributed by atoms with E-state index in [0.29, 0.717) is 17.3 Å². The Morgan fingerprint density at radius 2 is 2.35 bits per heavy atom. The minimum absolute atomic E-state index is 0.302. The number of carbonyl (C=O) groups is 1. The molecule has 0 fully saturated rings. The number of thioether (sulfide) groups is 1. The van der Waals surface area contributed by atoms with E-state index in [1.54, 1.807) is 0 Å². The number of amidine groups is 1. The number of carboxylic acids is 1. The van der Waals surface area contributed by atoms with Crippen molar-refractivity contribution in [1.82, 2.24) is 0 Å². The molecule has 0 bridgehead atoms. The molecule has 17 heavy (non-hydrogen) atoms. The lowest BCUT2D eigenvalue weighted by atomic mass is 10.2. The number of aliphatic carboxylic acids is 1. The Morgan fingerprint density at radius 3 is 3.06 bits per heavy atom. The molecule has 0 aromatic rings. The van der Waals surface area contributed by atoms with Crippen molar-refractivity contribution in [2.24, 2.45) is 20.0 Å². The van der Waals surface area contributed by atoms with Crippen molar-refractivity contribution in [2.75, 3.05) is 0 Å². The molecule has 0 spiro atoms. The Morgan fingerprint density at radius 1 is 1.53 bits per heavy atom. The number of hydrogen-bond acceptors (Lipinski definition) is 6. The van der Waals surface area contributed by atoms with Crippen LogP contribution < -0.4 is 0 Å². The number of rotatable bonds is 4. The van der Waals surface area contributed by atoms with Gasteiger partial charge in [0, 0.05) is 0 Å². The van der Waals surface area contributed by atoms with E-state index in [0.717, 1.165) is 6.42 Å². The van der Waals surface area contributed by atoms with Crippen molar-refractivity contribution in [3.8, 4) is 0 Å². The van der Waals surface area contributed by atoms with Gasteiger partial charge in [0.25, 0.3) is 0 Å². The summed E-state index contributed by atoms with van der Waals surface area (Å²) < 4.78 is 0. The average molecular weight is 252 g/mol. The molecule has 0 aromatic heterocycles. The SMILES string of the molecule is CCCC(SC1=NC=NC2=NC=NC21)C(=O)O. The van der Waals surface area contributed by atoms with E-state index in [2.05, 4.69) is 20.0 Å². The van der Waals surface area contributed by atoms with Gasteiger partial charge in [-0.05, 0) is 6.42 Å². The van der Waals surface area contributed by atoms with Crippen LogP contribution in [0.5, 0.6) is 0 Å². The summed E-state index contributed by atoms with van der Waals surface area (Å²) in [5.41, 5.74) is 0. The smallest absolute Gasteiger partial charge is 0.317 e. The maximum absolute atomic E-state index is 11.1. The molecule has 2 rings (SSSR count). The van der Waals surface area contributed by atoms with Crippen LogP contribution in [0.2, 0.25) is 0 Å². The third-order valence-electron chi connectivity index (χ3n) is 2.35. The number of nitrogens with zero attached hydrogens (tertiary/aromatic N) is 4. The third kappa shape index (κ3) is 2.60. The molecular formula is C10H12N4O2S. The standard InChI is InChI=1S/C10H12N4O2S/c1-2-3-6(10(15)16)17-9-7-8(12-4-11-7)13-5-14-9/h4-7H,2-3H2,1H3,(H,15,16). The Kier molecular flexibility index (Phi) is 3.68. The van der Waals surface area contributed by atoms with E-state index in [-0.39, 0.29) is 6.04 Å². The topological polar surface area (TPSA) is 86.7 Å². The van der Waals surface area contributed by atoms with Gasteiger partial charge in [-0.1, -0.05) is 25.1 Å². The van der Waals surface area contributed by atoms with Crippen molar-refractivity contribution >= 4 is 41.3 Å². The molecule has 6 nitrogen and oxygen atoms in total. The average Bonchev–Trinajstić information content (AvgIpc) is 2.77. The van der Waals surface area contributed by atoms with Gasteiger partial charge in [-0.15, -0.1) is 0 Å². The Balaban J connectivity index is 2.09. The monoisotopic (exact) mass is 252 g/mol. The fourth-order valence-corrected chi connectivity index (χ4v) is 2.67. The van der Waals surface area contributed by atoms with Crippen LogP contribution in [0.15, 0.2) is 20.0 Å². The van der Waals surface area contributed by atoms with Crippen molar-refractivity contribution in [2.45, 2.75) is 31.1 Å². The normalized spacial score (nSPS) is 23.0. The van der Waals surface area contributed by atoms with Gasteiger partial charge in [0.05, 0.1) is 0 Å². The first kappa shape index (κ1) is 12.0. The molecule has 0 saturated carbocycles. The summed E-state index contributed by atoms with van der Waals surface area (Å²) in [6.07, 6.45) is 4.27. The Bertz CT molecular complexity index is 442. The molecular weight excluding hydrogens is 240 g/mol. The molecule has 1 N–H and O–H groups in total. The Hall–Kier alpha value is -1.50. The van der Waals surface area contributed by atoms with E-state index in [1.807, 2.05) is 6.92 Å². The maximum atomic E-state index is 11.1. The van der Waals surface area contributed by atoms with Gasteiger partial charge in [0.1, 0.15) is 23.0 Å². The van der Waals surface area contributed by atoms with Crippen LogP contribution in [-0.2, 0) is 4.79 Å². The minimum Gasteiger partial charge on any atom is -0.480 e. The summed E-state index contributed by atoms with van der Waals surface area (Å²) in [5, 5.41) is 9.27. The van der Waals surface area contributed by atoms with E-state index in [1.165, 1.54) is 24.4 Å². The molecule has 2 heterocycles. The lowest BCUT2D eigenvalue weighted by Gasteiger charge is -2.17. The van der Waals surface area contributed by atoms with E-state index >= 15 is 0 Å². The second kappa shape index (κ2) is 5.22. The molecule has 2 aliphatic heterocycles. The molecule has 2 aliphatic rings. The fourth-order valence-electron chi connectivity index (χ4n) is 1.53. The van der Waals surface area contributed by atoms with Crippen LogP contribution in [0.3, 0.4) is 0 Å². The fraction of sp³-hybridized carbons (Fsp3) is 0.500. The quantitative estimate of drug-likeness (QED) is 0.816. The second-order valence-corrected chi connectivity index (χ2v) is 4.82. The summed E-state index contributed by atoms with van der Waals surface area (Å²) in [7, 11) is 0. The predicted octanol–water partition coefficient (Wildman–Crippen LogP) is 1.22. The molecule has 0 radical (unpaired) electrons. The zero-order chi connectivity index (χ0) is 12.3. The molecule has 0 aromatic carbocycles. The van der Waals surface area contributed by atoms with Crippen LogP contribution >= 0.6 is 11.8 Å². The summed E-state index contributed by atoms with van der Waals surface area (Å²) in [5.74, 6) is -0.231. The van der Waals surface area contributed by atoms with Gasteiger partial charge in [-0.2, -0.15) is 0 Å². The van der Waals surface area contributed by atoms with Crippen LogP contribution in [-0.4, -0.2) is 45.9 Å².